The summed E-state index contributed by atoms with van der Waals surface area (Å²) in [6.45, 7) is 0. The number of halogens is 4. The van der Waals surface area contributed by atoms with Gasteiger partial charge in [-0.05, 0) is 18.2 Å². The van der Waals surface area contributed by atoms with E-state index in [-0.39, 0.29) is 17.0 Å². The molecule has 1 amide bonds. The molecule has 26 heavy (non-hydrogen) atoms. The number of nitrogens with one attached hydrogen (secondary N) is 1. The Bertz CT molecular complexity index is 925. The van der Waals surface area contributed by atoms with E-state index in [0.717, 1.165) is 11.8 Å². The smallest absolute Gasteiger partial charge is 0.235 e. The van der Waals surface area contributed by atoms with Gasteiger partial charge >= 0.3 is 0 Å². The summed E-state index contributed by atoms with van der Waals surface area (Å²) in [5, 5.41) is 2.02. The van der Waals surface area contributed by atoms with Gasteiger partial charge in [-0.25, -0.2) is 27.5 Å². The number of benzene rings is 1. The Labute approximate surface area is 148 Å². The quantitative estimate of drug-likeness (QED) is 0.312. The van der Waals surface area contributed by atoms with Crippen molar-refractivity contribution in [1.29, 1.82) is 0 Å². The number of amides is 1. The number of hydrogen-bond acceptors (Lipinski definition) is 5. The SMILES string of the molecule is O=C(CSc1nccc(-c2ccco2)n1)Nc1c(F)c(F)cc(F)c1F. The van der Waals surface area contributed by atoms with Gasteiger partial charge in [0.25, 0.3) is 0 Å². The molecule has 0 aliphatic rings. The van der Waals surface area contributed by atoms with Gasteiger partial charge in [0.05, 0.1) is 12.0 Å². The normalized spacial score (nSPS) is 10.8. The minimum atomic E-state index is -1.68. The first-order chi connectivity index (χ1) is 12.5. The van der Waals surface area contributed by atoms with Crippen molar-refractivity contribution >= 4 is 23.4 Å². The van der Waals surface area contributed by atoms with Crippen molar-refractivity contribution in [3.8, 4) is 11.5 Å². The molecule has 0 saturated carbocycles. The minimum absolute atomic E-state index is 0.0586. The van der Waals surface area contributed by atoms with Crippen molar-refractivity contribution in [3.05, 3.63) is 60.0 Å². The van der Waals surface area contributed by atoms with Gasteiger partial charge in [-0.15, -0.1) is 0 Å². The van der Waals surface area contributed by atoms with E-state index in [0.29, 0.717) is 11.5 Å². The highest BCUT2D eigenvalue weighted by atomic mass is 32.2. The van der Waals surface area contributed by atoms with Gasteiger partial charge in [0.2, 0.25) is 5.91 Å². The van der Waals surface area contributed by atoms with E-state index in [9.17, 15) is 22.4 Å². The van der Waals surface area contributed by atoms with Crippen molar-refractivity contribution in [1.82, 2.24) is 9.97 Å². The number of thioether (sulfide) groups is 1. The maximum atomic E-state index is 13.5. The van der Waals surface area contributed by atoms with Gasteiger partial charge in [-0.1, -0.05) is 11.8 Å². The van der Waals surface area contributed by atoms with Gasteiger partial charge in [0.15, 0.2) is 34.2 Å². The van der Waals surface area contributed by atoms with Crippen molar-refractivity contribution in [3.63, 3.8) is 0 Å². The summed E-state index contributed by atoms with van der Waals surface area (Å²) in [5.74, 6) is -7.30. The van der Waals surface area contributed by atoms with Gasteiger partial charge in [-0.3, -0.25) is 4.79 Å². The van der Waals surface area contributed by atoms with E-state index in [4.69, 9.17) is 4.42 Å². The lowest BCUT2D eigenvalue weighted by Gasteiger charge is -2.08. The van der Waals surface area contributed by atoms with Crippen molar-refractivity contribution < 1.29 is 26.8 Å². The van der Waals surface area contributed by atoms with Crippen LogP contribution in [0.15, 0.2) is 46.3 Å². The second-order valence-electron chi connectivity index (χ2n) is 4.88. The molecule has 134 valence electrons. The Kier molecular flexibility index (Phi) is 5.21. The monoisotopic (exact) mass is 383 g/mol. The summed E-state index contributed by atoms with van der Waals surface area (Å²) < 4.78 is 58.5. The molecule has 3 rings (SSSR count). The van der Waals surface area contributed by atoms with Crippen LogP contribution >= 0.6 is 11.8 Å². The first kappa shape index (κ1) is 17.9. The number of nitrogens with zero attached hydrogens (tertiary/aromatic N) is 2. The van der Waals surface area contributed by atoms with Gasteiger partial charge in [0.1, 0.15) is 11.4 Å². The lowest BCUT2D eigenvalue weighted by molar-refractivity contribution is -0.113. The standard InChI is InChI=1S/C16H9F4N3O2S/c17-8-6-9(18)14(20)15(13(8)19)23-12(24)7-26-16-21-4-3-10(22-16)11-2-1-5-25-11/h1-6H,7H2,(H,23,24). The van der Waals surface area contributed by atoms with Crippen LogP contribution in [-0.2, 0) is 4.79 Å². The minimum Gasteiger partial charge on any atom is -0.463 e. The van der Waals surface area contributed by atoms with E-state index in [2.05, 4.69) is 9.97 Å². The molecule has 0 atom stereocenters. The summed E-state index contributed by atoms with van der Waals surface area (Å²) in [7, 11) is 0. The van der Waals surface area contributed by atoms with Crippen LogP contribution in [0.2, 0.25) is 0 Å². The molecule has 3 aromatic rings. The number of furan rings is 1. The highest BCUT2D eigenvalue weighted by Gasteiger charge is 2.21. The van der Waals surface area contributed by atoms with E-state index < -0.39 is 34.9 Å². The fourth-order valence-corrected chi connectivity index (χ4v) is 2.59. The van der Waals surface area contributed by atoms with Crippen LogP contribution < -0.4 is 5.32 Å². The van der Waals surface area contributed by atoms with Crippen molar-refractivity contribution in [2.75, 3.05) is 11.1 Å². The molecular weight excluding hydrogens is 374 g/mol. The van der Waals surface area contributed by atoms with E-state index in [1.807, 2.05) is 5.32 Å². The summed E-state index contributed by atoms with van der Waals surface area (Å²) >= 11 is 0.871. The number of carbonyl (C=O) groups is 1. The third-order valence-corrected chi connectivity index (χ3v) is 3.98. The Morgan fingerprint density at radius 1 is 1.15 bits per heavy atom. The summed E-state index contributed by atoms with van der Waals surface area (Å²) in [5.41, 5.74) is -0.699. The predicted octanol–water partition coefficient (Wildman–Crippen LogP) is 4.02. The Morgan fingerprint density at radius 3 is 2.54 bits per heavy atom. The molecule has 0 saturated heterocycles. The molecule has 5 nitrogen and oxygen atoms in total. The van der Waals surface area contributed by atoms with Gasteiger partial charge in [0, 0.05) is 12.3 Å². The maximum Gasteiger partial charge on any atom is 0.235 e. The number of hydrogen-bond donors (Lipinski definition) is 1. The molecule has 0 bridgehead atoms. The Balaban J connectivity index is 1.68. The van der Waals surface area contributed by atoms with Gasteiger partial charge < -0.3 is 9.73 Å². The average Bonchev–Trinajstić information content (AvgIpc) is 3.17. The maximum absolute atomic E-state index is 13.5. The molecule has 2 aromatic heterocycles. The topological polar surface area (TPSA) is 68.0 Å². The number of anilines is 1. The largest absolute Gasteiger partial charge is 0.463 e. The van der Waals surface area contributed by atoms with Crippen LogP contribution in [-0.4, -0.2) is 21.6 Å². The molecule has 0 aliphatic carbocycles. The number of carbonyl (C=O) groups excluding carboxylic acids is 1. The zero-order valence-corrected chi connectivity index (χ0v) is 13.6. The summed E-state index contributed by atoms with van der Waals surface area (Å²) in [6, 6.07) is 5.03. The highest BCUT2D eigenvalue weighted by molar-refractivity contribution is 7.99. The van der Waals surface area contributed by atoms with E-state index >= 15 is 0 Å². The average molecular weight is 383 g/mol. The molecular formula is C16H9F4N3O2S. The Hall–Kier alpha value is -2.88. The van der Waals surface area contributed by atoms with Crippen LogP contribution in [0.25, 0.3) is 11.5 Å². The van der Waals surface area contributed by atoms with Crippen LogP contribution in [0.3, 0.4) is 0 Å². The molecule has 1 aromatic carbocycles. The summed E-state index contributed by atoms with van der Waals surface area (Å²) in [6.07, 6.45) is 2.92. The first-order valence-electron chi connectivity index (χ1n) is 7.08. The molecule has 0 fully saturated rings. The predicted molar refractivity (Wildman–Crippen MR) is 85.4 cm³/mol. The second-order valence-corrected chi connectivity index (χ2v) is 5.82. The third-order valence-electron chi connectivity index (χ3n) is 3.12. The molecule has 0 aliphatic heterocycles. The van der Waals surface area contributed by atoms with E-state index in [1.54, 1.807) is 18.2 Å². The fraction of sp³-hybridized carbons (Fsp3) is 0.0625. The molecule has 10 heteroatoms. The number of rotatable bonds is 5. The van der Waals surface area contributed by atoms with Crippen molar-refractivity contribution in [2.45, 2.75) is 5.16 Å². The third kappa shape index (κ3) is 3.85. The zero-order chi connectivity index (χ0) is 18.7. The van der Waals surface area contributed by atoms with Crippen LogP contribution in [0.5, 0.6) is 0 Å². The lowest BCUT2D eigenvalue weighted by atomic mass is 10.2. The molecule has 2 heterocycles. The number of aromatic nitrogens is 2. The highest BCUT2D eigenvalue weighted by Crippen LogP contribution is 2.25. The summed E-state index contributed by atoms with van der Waals surface area (Å²) in [4.78, 5) is 20.0. The van der Waals surface area contributed by atoms with Crippen LogP contribution in [0.4, 0.5) is 23.2 Å². The molecule has 0 spiro atoms. The molecule has 0 unspecified atom stereocenters. The van der Waals surface area contributed by atoms with E-state index in [1.165, 1.54) is 12.5 Å². The fourth-order valence-electron chi connectivity index (χ4n) is 1.96. The Morgan fingerprint density at radius 2 is 1.88 bits per heavy atom. The zero-order valence-electron chi connectivity index (χ0n) is 12.8. The lowest BCUT2D eigenvalue weighted by Crippen LogP contribution is -2.17. The van der Waals surface area contributed by atoms with Crippen LogP contribution in [0, 0.1) is 23.3 Å². The van der Waals surface area contributed by atoms with Crippen molar-refractivity contribution in [2.24, 2.45) is 0 Å². The first-order valence-corrected chi connectivity index (χ1v) is 8.07. The molecule has 0 radical (unpaired) electrons. The molecule has 1 N–H and O–H groups in total. The second kappa shape index (κ2) is 7.56. The van der Waals surface area contributed by atoms with Gasteiger partial charge in [-0.2, -0.15) is 0 Å². The van der Waals surface area contributed by atoms with Crippen LogP contribution in [0.1, 0.15) is 0 Å².